The minimum atomic E-state index is 0.190. The number of carbonyl (C=O) groups is 1. The first-order chi connectivity index (χ1) is 9.81. The Morgan fingerprint density at radius 1 is 1.20 bits per heavy atom. The maximum Gasteiger partial charge on any atom is 0.180 e. The van der Waals surface area contributed by atoms with Crippen LogP contribution in [0.15, 0.2) is 34.9 Å². The fourth-order valence-electron chi connectivity index (χ4n) is 3.94. The molecule has 1 aliphatic carbocycles. The van der Waals surface area contributed by atoms with Crippen molar-refractivity contribution in [2.24, 2.45) is 11.8 Å². The smallest absolute Gasteiger partial charge is 0.180 e. The Labute approximate surface area is 118 Å². The Balaban J connectivity index is 1.51. The topological polar surface area (TPSA) is 33.5 Å². The highest BCUT2D eigenvalue weighted by Crippen LogP contribution is 2.37. The van der Waals surface area contributed by atoms with E-state index in [1.807, 2.05) is 24.3 Å². The molecule has 20 heavy (non-hydrogen) atoms. The van der Waals surface area contributed by atoms with Crippen LogP contribution in [0.25, 0.3) is 11.0 Å². The Kier molecular flexibility index (Phi) is 2.88. The molecule has 2 aliphatic rings. The lowest BCUT2D eigenvalue weighted by Crippen LogP contribution is -2.28. The van der Waals surface area contributed by atoms with Crippen LogP contribution >= 0.6 is 0 Å². The lowest BCUT2D eigenvalue weighted by Gasteiger charge is -2.15. The zero-order chi connectivity index (χ0) is 13.5. The van der Waals surface area contributed by atoms with E-state index in [1.165, 1.54) is 19.3 Å². The first-order valence-corrected chi connectivity index (χ1v) is 7.53. The van der Waals surface area contributed by atoms with Crippen LogP contribution in [0.5, 0.6) is 0 Å². The Morgan fingerprint density at radius 2 is 1.95 bits per heavy atom. The molecule has 1 aliphatic heterocycles. The number of para-hydroxylation sites is 1. The van der Waals surface area contributed by atoms with Crippen molar-refractivity contribution in [3.8, 4) is 0 Å². The number of hydrogen-bond acceptors (Lipinski definition) is 3. The number of furan rings is 1. The van der Waals surface area contributed by atoms with E-state index in [0.29, 0.717) is 6.54 Å². The number of benzene rings is 1. The van der Waals surface area contributed by atoms with Crippen LogP contribution in [-0.2, 0) is 0 Å². The highest BCUT2D eigenvalue weighted by molar-refractivity contribution is 6.08. The summed E-state index contributed by atoms with van der Waals surface area (Å²) in [5, 5.41) is 0.942. The van der Waals surface area contributed by atoms with E-state index in [9.17, 15) is 4.79 Å². The van der Waals surface area contributed by atoms with Crippen LogP contribution < -0.4 is 0 Å². The Bertz CT molecular complexity index is 633. The maximum atomic E-state index is 12.5. The number of rotatable bonds is 3. The second-order valence-electron chi connectivity index (χ2n) is 6.21. The van der Waals surface area contributed by atoms with E-state index in [1.54, 1.807) is 6.26 Å². The van der Waals surface area contributed by atoms with Crippen LogP contribution in [0.2, 0.25) is 0 Å². The number of ketones is 1. The molecule has 2 atom stereocenters. The summed E-state index contributed by atoms with van der Waals surface area (Å²) >= 11 is 0. The summed E-state index contributed by atoms with van der Waals surface area (Å²) in [6.45, 7) is 2.74. The third-order valence-electron chi connectivity index (χ3n) is 4.95. The lowest BCUT2D eigenvalue weighted by molar-refractivity contribution is 0.0941. The van der Waals surface area contributed by atoms with Crippen LogP contribution in [0, 0.1) is 11.8 Å². The van der Waals surface area contributed by atoms with Crippen molar-refractivity contribution in [3.63, 3.8) is 0 Å². The molecular weight excluding hydrogens is 250 g/mol. The predicted octanol–water partition coefficient (Wildman–Crippen LogP) is 3.35. The van der Waals surface area contributed by atoms with Crippen LogP contribution in [0.4, 0.5) is 0 Å². The van der Waals surface area contributed by atoms with Gasteiger partial charge in [0.05, 0.1) is 12.1 Å². The van der Waals surface area contributed by atoms with E-state index >= 15 is 0 Å². The molecule has 0 radical (unpaired) electrons. The summed E-state index contributed by atoms with van der Waals surface area (Å²) in [5.74, 6) is 1.86. The molecule has 2 aromatic rings. The van der Waals surface area contributed by atoms with Crippen molar-refractivity contribution in [1.29, 1.82) is 0 Å². The zero-order valence-electron chi connectivity index (χ0n) is 11.5. The fourth-order valence-corrected chi connectivity index (χ4v) is 3.94. The van der Waals surface area contributed by atoms with E-state index in [0.717, 1.165) is 41.5 Å². The number of likely N-dealkylation sites (tertiary alicyclic amines) is 1. The van der Waals surface area contributed by atoms with Crippen LogP contribution in [0.3, 0.4) is 0 Å². The molecule has 104 valence electrons. The lowest BCUT2D eigenvalue weighted by atomic mass is 10.0. The summed E-state index contributed by atoms with van der Waals surface area (Å²) in [6.07, 6.45) is 5.70. The number of nitrogens with zero attached hydrogens (tertiary/aromatic N) is 1. The summed E-state index contributed by atoms with van der Waals surface area (Å²) < 4.78 is 5.47. The Hall–Kier alpha value is -1.61. The van der Waals surface area contributed by atoms with E-state index < -0.39 is 0 Å². The van der Waals surface area contributed by atoms with Crippen molar-refractivity contribution in [2.75, 3.05) is 19.6 Å². The number of hydrogen-bond donors (Lipinski definition) is 0. The van der Waals surface area contributed by atoms with Crippen molar-refractivity contribution in [3.05, 3.63) is 36.1 Å². The normalized spacial score (nSPS) is 26.2. The van der Waals surface area contributed by atoms with Crippen molar-refractivity contribution in [1.82, 2.24) is 4.90 Å². The number of fused-ring (bicyclic) bond motifs is 2. The first-order valence-electron chi connectivity index (χ1n) is 7.53. The average molecular weight is 269 g/mol. The molecule has 0 N–H and O–H groups in total. The molecule has 3 nitrogen and oxygen atoms in total. The second-order valence-corrected chi connectivity index (χ2v) is 6.21. The highest BCUT2D eigenvalue weighted by Gasteiger charge is 2.36. The van der Waals surface area contributed by atoms with Crippen molar-refractivity contribution in [2.45, 2.75) is 19.3 Å². The van der Waals surface area contributed by atoms with Gasteiger partial charge in [-0.15, -0.1) is 0 Å². The van der Waals surface area contributed by atoms with Crippen LogP contribution in [0.1, 0.15) is 29.6 Å². The quantitative estimate of drug-likeness (QED) is 0.801. The standard InChI is InChI=1S/C17H19NO2/c19-16(10-18-8-12-4-3-5-13(12)9-18)15-11-20-17-7-2-1-6-14(15)17/h1-2,6-7,11-13H,3-5,8-10H2. The molecule has 0 spiro atoms. The molecule has 2 unspecified atom stereocenters. The van der Waals surface area contributed by atoms with Crippen molar-refractivity contribution >= 4 is 16.8 Å². The highest BCUT2D eigenvalue weighted by atomic mass is 16.3. The third-order valence-corrected chi connectivity index (χ3v) is 4.95. The SMILES string of the molecule is O=C(CN1CC2CCCC2C1)c1coc2ccccc12. The molecule has 0 amide bonds. The fraction of sp³-hybridized carbons (Fsp3) is 0.471. The van der Waals surface area contributed by atoms with Gasteiger partial charge in [-0.1, -0.05) is 24.6 Å². The zero-order valence-corrected chi connectivity index (χ0v) is 11.5. The van der Waals surface area contributed by atoms with Gasteiger partial charge in [0, 0.05) is 18.5 Å². The van der Waals surface area contributed by atoms with E-state index in [2.05, 4.69) is 4.90 Å². The minimum Gasteiger partial charge on any atom is -0.464 e. The van der Waals surface area contributed by atoms with E-state index in [-0.39, 0.29) is 5.78 Å². The van der Waals surface area contributed by atoms with Gasteiger partial charge in [-0.05, 0) is 30.7 Å². The first kappa shape index (κ1) is 12.2. The average Bonchev–Trinajstić information content (AvgIpc) is 3.10. The molecule has 4 rings (SSSR count). The molecule has 1 saturated heterocycles. The maximum absolute atomic E-state index is 12.5. The van der Waals surface area contributed by atoms with Crippen molar-refractivity contribution < 1.29 is 9.21 Å². The van der Waals surface area contributed by atoms with Crippen LogP contribution in [-0.4, -0.2) is 30.3 Å². The van der Waals surface area contributed by atoms with Gasteiger partial charge in [0.1, 0.15) is 11.8 Å². The monoisotopic (exact) mass is 269 g/mol. The second kappa shape index (κ2) is 4.74. The van der Waals surface area contributed by atoms with Gasteiger partial charge >= 0.3 is 0 Å². The summed E-state index contributed by atoms with van der Waals surface area (Å²) in [6, 6.07) is 7.76. The minimum absolute atomic E-state index is 0.190. The van der Waals surface area contributed by atoms with Gasteiger partial charge < -0.3 is 4.42 Å². The van der Waals surface area contributed by atoms with E-state index in [4.69, 9.17) is 4.42 Å². The molecule has 1 aromatic heterocycles. The molecule has 1 aromatic carbocycles. The van der Waals surface area contributed by atoms with Gasteiger partial charge in [0.15, 0.2) is 5.78 Å². The molecule has 2 fully saturated rings. The molecule has 1 saturated carbocycles. The van der Waals surface area contributed by atoms with Gasteiger partial charge in [-0.25, -0.2) is 0 Å². The Morgan fingerprint density at radius 3 is 2.75 bits per heavy atom. The summed E-state index contributed by atoms with van der Waals surface area (Å²) in [5.41, 5.74) is 1.53. The van der Waals surface area contributed by atoms with Gasteiger partial charge in [0.2, 0.25) is 0 Å². The number of Topliss-reactive ketones (excluding diaryl/α,β-unsaturated/α-hetero) is 1. The molecular formula is C17H19NO2. The van der Waals surface area contributed by atoms with Gasteiger partial charge in [-0.2, -0.15) is 0 Å². The predicted molar refractivity (Wildman–Crippen MR) is 77.8 cm³/mol. The largest absolute Gasteiger partial charge is 0.464 e. The molecule has 2 heterocycles. The van der Waals surface area contributed by atoms with Gasteiger partial charge in [0.25, 0.3) is 0 Å². The number of carbonyl (C=O) groups excluding carboxylic acids is 1. The van der Waals surface area contributed by atoms with Gasteiger partial charge in [-0.3, -0.25) is 9.69 Å². The summed E-state index contributed by atoms with van der Waals surface area (Å²) in [4.78, 5) is 14.8. The molecule has 3 heteroatoms. The molecule has 0 bridgehead atoms. The third kappa shape index (κ3) is 1.97. The summed E-state index contributed by atoms with van der Waals surface area (Å²) in [7, 11) is 0.